The number of alkyl halides is 1. The highest BCUT2D eigenvalue weighted by Gasteiger charge is 2.23. The first kappa shape index (κ1) is 13.0. The Morgan fingerprint density at radius 3 is 2.44 bits per heavy atom. The molecule has 0 bridgehead atoms. The molecule has 0 saturated carbocycles. The topological polar surface area (TPSA) is 23.6 Å². The molecule has 1 amide bonds. The van der Waals surface area contributed by atoms with Crippen molar-refractivity contribution in [1.29, 1.82) is 0 Å². The van der Waals surface area contributed by atoms with Gasteiger partial charge in [-0.2, -0.15) is 0 Å². The molecule has 0 N–H and O–H groups in total. The molecule has 3 nitrogen and oxygen atoms in total. The lowest BCUT2D eigenvalue weighted by Gasteiger charge is -2.36. The Labute approximate surface area is 107 Å². The number of carbonyl (C=O) groups excluding carboxylic acids is 1. The van der Waals surface area contributed by atoms with Gasteiger partial charge >= 0.3 is 0 Å². The Kier molecular flexibility index (Phi) is 4.70. The van der Waals surface area contributed by atoms with Crippen LogP contribution in [0.25, 0.3) is 0 Å². The standard InChI is InChI=1S/C14H19FN2O/c15-9-12-17(16-10-5-2-6-11-16)14(18)13-7-3-1-4-8-13/h1,3-4,7-8H,2,5-6,9-12H2. The summed E-state index contributed by atoms with van der Waals surface area (Å²) in [6.45, 7) is 1.33. The van der Waals surface area contributed by atoms with E-state index in [0.717, 1.165) is 25.9 Å². The Hall–Kier alpha value is -1.42. The minimum Gasteiger partial charge on any atom is -0.269 e. The summed E-state index contributed by atoms with van der Waals surface area (Å²) in [5, 5.41) is 3.55. The van der Waals surface area contributed by atoms with Crippen LogP contribution in [0, 0.1) is 0 Å². The Morgan fingerprint density at radius 2 is 1.83 bits per heavy atom. The maximum atomic E-state index is 12.7. The molecule has 1 heterocycles. The number of nitrogens with zero attached hydrogens (tertiary/aromatic N) is 2. The van der Waals surface area contributed by atoms with Crippen LogP contribution in [0.1, 0.15) is 29.6 Å². The molecule has 0 aromatic heterocycles. The first-order valence-electron chi connectivity index (χ1n) is 6.50. The molecule has 0 unspecified atom stereocenters. The number of piperidine rings is 1. The summed E-state index contributed by atoms with van der Waals surface area (Å²) in [7, 11) is 0. The van der Waals surface area contributed by atoms with Gasteiger partial charge in [0.15, 0.2) is 0 Å². The van der Waals surface area contributed by atoms with Gasteiger partial charge in [-0.05, 0) is 25.0 Å². The van der Waals surface area contributed by atoms with Crippen LogP contribution in [0.2, 0.25) is 0 Å². The monoisotopic (exact) mass is 250 g/mol. The van der Waals surface area contributed by atoms with Gasteiger partial charge in [-0.15, -0.1) is 0 Å². The van der Waals surface area contributed by atoms with Gasteiger partial charge in [-0.1, -0.05) is 24.6 Å². The van der Waals surface area contributed by atoms with Crippen molar-refractivity contribution in [3.05, 3.63) is 35.9 Å². The van der Waals surface area contributed by atoms with Crippen LogP contribution in [0.15, 0.2) is 30.3 Å². The molecular formula is C14H19FN2O. The van der Waals surface area contributed by atoms with Crippen molar-refractivity contribution < 1.29 is 9.18 Å². The van der Waals surface area contributed by atoms with E-state index in [-0.39, 0.29) is 12.5 Å². The van der Waals surface area contributed by atoms with Gasteiger partial charge in [0.1, 0.15) is 6.67 Å². The highest BCUT2D eigenvalue weighted by molar-refractivity contribution is 5.93. The van der Waals surface area contributed by atoms with Crippen molar-refractivity contribution in [3.63, 3.8) is 0 Å². The van der Waals surface area contributed by atoms with Crippen LogP contribution < -0.4 is 0 Å². The summed E-state index contributed by atoms with van der Waals surface area (Å²) in [6, 6.07) is 9.08. The molecule has 2 rings (SSSR count). The van der Waals surface area contributed by atoms with E-state index < -0.39 is 6.67 Å². The van der Waals surface area contributed by atoms with E-state index in [1.165, 1.54) is 6.42 Å². The van der Waals surface area contributed by atoms with E-state index in [4.69, 9.17) is 0 Å². The van der Waals surface area contributed by atoms with E-state index in [1.807, 2.05) is 23.2 Å². The van der Waals surface area contributed by atoms with E-state index in [2.05, 4.69) is 0 Å². The van der Waals surface area contributed by atoms with Crippen molar-refractivity contribution in [2.45, 2.75) is 19.3 Å². The second-order valence-electron chi connectivity index (χ2n) is 4.50. The molecule has 1 aromatic rings. The molecule has 0 spiro atoms. The van der Waals surface area contributed by atoms with Crippen LogP contribution in [-0.2, 0) is 0 Å². The third-order valence-corrected chi connectivity index (χ3v) is 3.23. The second kappa shape index (κ2) is 6.50. The maximum Gasteiger partial charge on any atom is 0.268 e. The lowest BCUT2D eigenvalue weighted by Crippen LogP contribution is -2.49. The highest BCUT2D eigenvalue weighted by Crippen LogP contribution is 2.14. The fourth-order valence-corrected chi connectivity index (χ4v) is 2.30. The first-order valence-corrected chi connectivity index (χ1v) is 6.50. The minimum absolute atomic E-state index is 0.102. The fraction of sp³-hybridized carbons (Fsp3) is 0.500. The van der Waals surface area contributed by atoms with Crippen LogP contribution >= 0.6 is 0 Å². The van der Waals surface area contributed by atoms with Gasteiger partial charge in [0.25, 0.3) is 5.91 Å². The minimum atomic E-state index is -0.505. The SMILES string of the molecule is O=C(c1ccccc1)N(CCF)N1CCCCC1. The Balaban J connectivity index is 2.11. The van der Waals surface area contributed by atoms with Gasteiger partial charge < -0.3 is 0 Å². The number of benzene rings is 1. The maximum absolute atomic E-state index is 12.7. The van der Waals surface area contributed by atoms with Crippen molar-refractivity contribution in [2.24, 2.45) is 0 Å². The number of hydrogen-bond donors (Lipinski definition) is 0. The van der Waals surface area contributed by atoms with Crippen LogP contribution in [0.3, 0.4) is 0 Å². The molecule has 18 heavy (non-hydrogen) atoms. The molecule has 1 aromatic carbocycles. The Morgan fingerprint density at radius 1 is 1.17 bits per heavy atom. The van der Waals surface area contributed by atoms with Crippen LogP contribution in [0.5, 0.6) is 0 Å². The van der Waals surface area contributed by atoms with E-state index in [9.17, 15) is 9.18 Å². The number of hydrazine groups is 1. The van der Waals surface area contributed by atoms with Gasteiger partial charge in [0, 0.05) is 18.7 Å². The molecule has 4 heteroatoms. The normalized spacial score (nSPS) is 16.5. The molecule has 1 fully saturated rings. The van der Waals surface area contributed by atoms with E-state index in [0.29, 0.717) is 5.56 Å². The van der Waals surface area contributed by atoms with Crippen molar-refractivity contribution in [3.8, 4) is 0 Å². The zero-order valence-corrected chi connectivity index (χ0v) is 10.5. The van der Waals surface area contributed by atoms with Crippen molar-refractivity contribution >= 4 is 5.91 Å². The zero-order chi connectivity index (χ0) is 12.8. The number of halogens is 1. The first-order chi connectivity index (χ1) is 8.83. The molecule has 0 aliphatic carbocycles. The number of hydrogen-bond acceptors (Lipinski definition) is 2. The van der Waals surface area contributed by atoms with Crippen LogP contribution in [-0.4, -0.2) is 42.2 Å². The van der Waals surface area contributed by atoms with E-state index >= 15 is 0 Å². The number of rotatable bonds is 4. The average Bonchev–Trinajstić information content (AvgIpc) is 2.46. The van der Waals surface area contributed by atoms with Gasteiger partial charge in [-0.3, -0.25) is 9.80 Å². The zero-order valence-electron chi connectivity index (χ0n) is 10.5. The summed E-state index contributed by atoms with van der Waals surface area (Å²) in [6.07, 6.45) is 3.34. The third kappa shape index (κ3) is 3.07. The molecule has 1 saturated heterocycles. The smallest absolute Gasteiger partial charge is 0.268 e. The average molecular weight is 250 g/mol. The van der Waals surface area contributed by atoms with Crippen LogP contribution in [0.4, 0.5) is 4.39 Å². The summed E-state index contributed by atoms with van der Waals surface area (Å²) in [5.74, 6) is -0.102. The van der Waals surface area contributed by atoms with Gasteiger partial charge in [0.2, 0.25) is 0 Å². The quantitative estimate of drug-likeness (QED) is 0.819. The number of carbonyl (C=O) groups is 1. The lowest BCUT2D eigenvalue weighted by molar-refractivity contribution is -0.0239. The summed E-state index contributed by atoms with van der Waals surface area (Å²) in [5.41, 5.74) is 0.622. The molecule has 0 radical (unpaired) electrons. The van der Waals surface area contributed by atoms with Gasteiger partial charge in [-0.25, -0.2) is 9.40 Å². The molecule has 1 aliphatic heterocycles. The lowest BCUT2D eigenvalue weighted by atomic mass is 10.1. The van der Waals surface area contributed by atoms with Gasteiger partial charge in [0.05, 0.1) is 6.54 Å². The predicted molar refractivity (Wildman–Crippen MR) is 68.9 cm³/mol. The molecule has 1 aliphatic rings. The number of amides is 1. The van der Waals surface area contributed by atoms with Crippen molar-refractivity contribution in [2.75, 3.05) is 26.3 Å². The second-order valence-corrected chi connectivity index (χ2v) is 4.50. The largest absolute Gasteiger partial charge is 0.269 e. The molecule has 0 atom stereocenters. The van der Waals surface area contributed by atoms with Crippen molar-refractivity contribution in [1.82, 2.24) is 10.0 Å². The summed E-state index contributed by atoms with van der Waals surface area (Å²) >= 11 is 0. The third-order valence-electron chi connectivity index (χ3n) is 3.23. The summed E-state index contributed by atoms with van der Waals surface area (Å²) in [4.78, 5) is 12.4. The Bertz CT molecular complexity index is 377. The van der Waals surface area contributed by atoms with E-state index in [1.54, 1.807) is 17.1 Å². The molecular weight excluding hydrogens is 231 g/mol. The molecule has 98 valence electrons. The fourth-order valence-electron chi connectivity index (χ4n) is 2.30. The summed E-state index contributed by atoms with van der Waals surface area (Å²) < 4.78 is 12.7. The highest BCUT2D eigenvalue weighted by atomic mass is 19.1. The predicted octanol–water partition coefficient (Wildman–Crippen LogP) is 2.50.